The Morgan fingerprint density at radius 2 is 2.00 bits per heavy atom. The Hall–Kier alpha value is -0.530. The van der Waals surface area contributed by atoms with Crippen LogP contribution in [0.3, 0.4) is 0 Å². The van der Waals surface area contributed by atoms with Crippen molar-refractivity contribution in [3.05, 3.63) is 34.4 Å². The second-order valence-electron chi connectivity index (χ2n) is 2.02. The average molecular weight is 174 g/mol. The summed E-state index contributed by atoms with van der Waals surface area (Å²) < 4.78 is 0. The van der Waals surface area contributed by atoms with Gasteiger partial charge in [0.1, 0.15) is 0 Å². The molecule has 0 saturated carbocycles. The lowest BCUT2D eigenvalue weighted by Crippen LogP contribution is -3.00. The van der Waals surface area contributed by atoms with E-state index < -0.39 is 0 Å². The van der Waals surface area contributed by atoms with Gasteiger partial charge in [0.25, 0.3) is 0 Å². The van der Waals surface area contributed by atoms with Gasteiger partial charge in [0, 0.05) is 11.1 Å². The highest BCUT2D eigenvalue weighted by molar-refractivity contribution is 6.38. The van der Waals surface area contributed by atoms with Crippen molar-refractivity contribution in [3.8, 4) is 0 Å². The summed E-state index contributed by atoms with van der Waals surface area (Å²) in [6, 6.07) is 0. The molecule has 0 amide bonds. The van der Waals surface area contributed by atoms with Crippen LogP contribution in [0.4, 0.5) is 0 Å². The molecule has 52 valence electrons. The van der Waals surface area contributed by atoms with Crippen LogP contribution in [0.2, 0.25) is 0 Å². The summed E-state index contributed by atoms with van der Waals surface area (Å²) in [6.07, 6.45) is 5.22. The van der Waals surface area contributed by atoms with Gasteiger partial charge >= 0.3 is 0 Å². The number of hydrogen-bond acceptors (Lipinski definition) is 1. The predicted molar refractivity (Wildman–Crippen MR) is 35.1 cm³/mol. The van der Waals surface area contributed by atoms with Crippen LogP contribution < -0.4 is 12.4 Å². The summed E-state index contributed by atoms with van der Waals surface area (Å²) in [5.74, 6) is 0.0694. The molecule has 0 heterocycles. The molecule has 0 aliphatic heterocycles. The summed E-state index contributed by atoms with van der Waals surface area (Å²) in [4.78, 5) is 10.9. The van der Waals surface area contributed by atoms with Gasteiger partial charge < -0.3 is 12.4 Å². The van der Waals surface area contributed by atoms with Crippen molar-refractivity contribution in [2.24, 2.45) is 0 Å². The highest BCUT2D eigenvalue weighted by atomic mass is 35.5. The van der Waals surface area contributed by atoms with Crippen molar-refractivity contribution in [3.63, 3.8) is 0 Å². The lowest BCUT2D eigenvalue weighted by atomic mass is 10.2. The molecule has 0 unspecified atom stereocenters. The highest BCUT2D eigenvalue weighted by Crippen LogP contribution is 2.31. The summed E-state index contributed by atoms with van der Waals surface area (Å²) in [5, 5.41) is 0.581. The van der Waals surface area contributed by atoms with E-state index in [1.165, 1.54) is 0 Å². The average Bonchev–Trinajstić information content (AvgIpc) is 2.25. The lowest BCUT2D eigenvalue weighted by molar-refractivity contribution is -0.111. The molecule has 2 rings (SSSR count). The number of hydrogen-bond donors (Lipinski definition) is 0. The molecule has 0 atom stereocenters. The summed E-state index contributed by atoms with van der Waals surface area (Å²) in [7, 11) is 0. The minimum absolute atomic E-state index is 0. The van der Waals surface area contributed by atoms with Crippen molar-refractivity contribution < 1.29 is 17.2 Å². The van der Waals surface area contributed by atoms with E-state index >= 15 is 0 Å². The van der Waals surface area contributed by atoms with E-state index in [1.54, 1.807) is 18.2 Å². The molecule has 0 aromatic carbocycles. The zero-order valence-electron chi connectivity index (χ0n) is 4.90. The fraction of sp³-hybridized carbons (Fsp3) is 0. The maximum Gasteiger partial charge on any atom is 0.194 e. The highest BCUT2D eigenvalue weighted by Gasteiger charge is 2.25. The van der Waals surface area contributed by atoms with Crippen LogP contribution in [0.1, 0.15) is 0 Å². The Balaban J connectivity index is 0.000000500. The Morgan fingerprint density at radius 3 is 2.20 bits per heavy atom. The number of halogens is 2. The van der Waals surface area contributed by atoms with Gasteiger partial charge in [-0.15, -0.1) is 0 Å². The van der Waals surface area contributed by atoms with E-state index in [9.17, 15) is 4.79 Å². The first-order chi connectivity index (χ1) is 4.29. The number of ketones is 1. The van der Waals surface area contributed by atoms with Crippen LogP contribution in [0.15, 0.2) is 34.4 Å². The normalized spacial score (nSPS) is 19.7. The van der Waals surface area contributed by atoms with Gasteiger partial charge in [-0.3, -0.25) is 4.79 Å². The quantitative estimate of drug-likeness (QED) is 0.439. The van der Waals surface area contributed by atoms with Gasteiger partial charge in [-0.2, -0.15) is 0 Å². The van der Waals surface area contributed by atoms with Gasteiger partial charge in [-0.25, -0.2) is 0 Å². The van der Waals surface area contributed by atoms with E-state index in [-0.39, 0.29) is 18.2 Å². The third kappa shape index (κ3) is 0.746. The topological polar surface area (TPSA) is 17.1 Å². The third-order valence-corrected chi connectivity index (χ3v) is 1.79. The van der Waals surface area contributed by atoms with Crippen LogP contribution in [0.5, 0.6) is 0 Å². The number of Topliss-reactive ketones (excluding diaryl/α,β-unsaturated/α-hetero) is 1. The maximum absolute atomic E-state index is 10.9. The zero-order chi connectivity index (χ0) is 6.43. The molecule has 0 aromatic heterocycles. The molecule has 2 bridgehead atoms. The molecule has 2 aliphatic carbocycles. The number of fused-ring (bicyclic) bond motifs is 2. The fourth-order valence-corrected chi connectivity index (χ4v) is 1.26. The first kappa shape index (κ1) is 7.58. The molecule has 0 radical (unpaired) electrons. The van der Waals surface area contributed by atoms with Crippen LogP contribution in [-0.4, -0.2) is 5.78 Å². The molecular weight excluding hydrogens is 171 g/mol. The number of carbonyl (C=O) groups is 1. The Bertz CT molecular complexity index is 284. The molecule has 10 heavy (non-hydrogen) atoms. The molecule has 0 saturated heterocycles. The Morgan fingerprint density at radius 1 is 1.30 bits per heavy atom. The monoisotopic (exact) mass is 173 g/mol. The lowest BCUT2D eigenvalue weighted by Gasteiger charge is -1.84. The van der Waals surface area contributed by atoms with E-state index in [0.717, 1.165) is 5.57 Å². The van der Waals surface area contributed by atoms with Crippen molar-refractivity contribution in [1.82, 2.24) is 0 Å². The van der Waals surface area contributed by atoms with E-state index in [1.807, 2.05) is 0 Å². The van der Waals surface area contributed by atoms with Crippen LogP contribution in [0.25, 0.3) is 0 Å². The second kappa shape index (κ2) is 2.26. The standard InChI is InChI=1S/C7H3ClO.ClH/c8-6-3-4-1-2-5(6)7(4)9;/h1-3H;1H/p-1. The van der Waals surface area contributed by atoms with Gasteiger partial charge in [0.05, 0.1) is 5.03 Å². The van der Waals surface area contributed by atoms with Gasteiger partial charge in [0.15, 0.2) is 5.78 Å². The minimum Gasteiger partial charge on any atom is -1.00 e. The van der Waals surface area contributed by atoms with Crippen molar-refractivity contribution >= 4 is 17.4 Å². The molecule has 1 nitrogen and oxygen atoms in total. The van der Waals surface area contributed by atoms with Crippen LogP contribution in [-0.2, 0) is 4.79 Å². The molecule has 0 N–H and O–H groups in total. The van der Waals surface area contributed by atoms with Gasteiger partial charge in [0.2, 0.25) is 0 Å². The summed E-state index contributed by atoms with van der Waals surface area (Å²) in [6.45, 7) is 0. The molecule has 3 heteroatoms. The number of allylic oxidation sites excluding steroid dienone is 6. The largest absolute Gasteiger partial charge is 1.00 e. The van der Waals surface area contributed by atoms with Gasteiger partial charge in [-0.05, 0) is 12.2 Å². The van der Waals surface area contributed by atoms with Gasteiger partial charge in [-0.1, -0.05) is 17.7 Å². The van der Waals surface area contributed by atoms with Crippen molar-refractivity contribution in [1.29, 1.82) is 0 Å². The van der Waals surface area contributed by atoms with Crippen LogP contribution in [0, 0.1) is 0 Å². The van der Waals surface area contributed by atoms with E-state index in [2.05, 4.69) is 0 Å². The third-order valence-electron chi connectivity index (χ3n) is 1.48. The zero-order valence-corrected chi connectivity index (χ0v) is 6.41. The van der Waals surface area contributed by atoms with Crippen molar-refractivity contribution in [2.75, 3.05) is 0 Å². The van der Waals surface area contributed by atoms with Crippen molar-refractivity contribution in [2.45, 2.75) is 0 Å². The maximum atomic E-state index is 10.9. The number of rotatable bonds is 0. The predicted octanol–water partition coefficient (Wildman–Crippen LogP) is -1.44. The van der Waals surface area contributed by atoms with E-state index in [0.29, 0.717) is 10.6 Å². The molecule has 2 aliphatic rings. The second-order valence-corrected chi connectivity index (χ2v) is 2.43. The molecular formula is C7H3Cl2O-. The van der Waals surface area contributed by atoms with Crippen LogP contribution >= 0.6 is 11.6 Å². The molecule has 0 fully saturated rings. The number of carbonyl (C=O) groups excluding carboxylic acids is 1. The minimum atomic E-state index is 0. The SMILES string of the molecule is O=C1C2=CC(Cl)=C1C=C2.[Cl-]. The van der Waals surface area contributed by atoms with E-state index in [4.69, 9.17) is 11.6 Å². The fourth-order valence-electron chi connectivity index (χ4n) is 0.996. The molecule has 0 aromatic rings. The first-order valence-corrected chi connectivity index (χ1v) is 3.01. The Labute approximate surface area is 69.5 Å². The Kier molecular flexibility index (Phi) is 1.71. The molecule has 0 spiro atoms. The summed E-state index contributed by atoms with van der Waals surface area (Å²) >= 11 is 5.63. The first-order valence-electron chi connectivity index (χ1n) is 2.63. The summed E-state index contributed by atoms with van der Waals surface area (Å²) in [5.41, 5.74) is 1.36. The smallest absolute Gasteiger partial charge is 0.194 e.